The van der Waals surface area contributed by atoms with Gasteiger partial charge in [0.15, 0.2) is 0 Å². The van der Waals surface area contributed by atoms with Crippen LogP contribution < -0.4 is 0 Å². The van der Waals surface area contributed by atoms with E-state index >= 15 is 0 Å². The van der Waals surface area contributed by atoms with Crippen molar-refractivity contribution in [2.45, 2.75) is 58.0 Å². The Morgan fingerprint density at radius 2 is 1.93 bits per heavy atom. The normalized spacial score (nSPS) is 27.3. The number of quaternary nitrogens is 1. The molecule has 2 aliphatic carbocycles. The fourth-order valence-corrected chi connectivity index (χ4v) is 6.40. The zero-order chi connectivity index (χ0) is 19.8. The number of carbonyl (C=O) groups is 1. The zero-order valence-electron chi connectivity index (χ0n) is 17.4. The molecule has 146 valence electrons. The maximum atomic E-state index is 11.7. The summed E-state index contributed by atoms with van der Waals surface area (Å²) < 4.78 is 1.03. The van der Waals surface area contributed by atoms with Crippen LogP contribution in [0.5, 0.6) is 0 Å². The third kappa shape index (κ3) is 2.42. The van der Waals surface area contributed by atoms with Crippen molar-refractivity contribution in [2.24, 2.45) is 5.41 Å². The second-order valence-corrected chi connectivity index (χ2v) is 10.4. The molecule has 3 heteroatoms. The minimum Gasteiger partial charge on any atom is -0.478 e. The molecule has 28 heavy (non-hydrogen) atoms. The van der Waals surface area contributed by atoms with Crippen molar-refractivity contribution in [1.29, 1.82) is 0 Å². The largest absolute Gasteiger partial charge is 0.478 e. The first-order chi connectivity index (χ1) is 13.2. The highest BCUT2D eigenvalue weighted by Gasteiger charge is 2.53. The van der Waals surface area contributed by atoms with E-state index < -0.39 is 5.97 Å². The molecule has 1 N–H and O–H groups in total. The number of carboxylic acids is 1. The first kappa shape index (κ1) is 17.9. The molecule has 1 saturated carbocycles. The van der Waals surface area contributed by atoms with Crippen LogP contribution >= 0.6 is 0 Å². The number of hydrogen-bond acceptors (Lipinski definition) is 1. The van der Waals surface area contributed by atoms with Gasteiger partial charge in [-0.25, -0.2) is 4.79 Å². The summed E-state index contributed by atoms with van der Waals surface area (Å²) in [6.07, 6.45) is 5.97. The average molecular weight is 377 g/mol. The number of carboxylic acid groups (broad SMARTS) is 1. The van der Waals surface area contributed by atoms with Crippen LogP contribution in [0.2, 0.25) is 0 Å². The zero-order valence-corrected chi connectivity index (χ0v) is 17.4. The molecule has 0 bridgehead atoms. The third-order valence-corrected chi connectivity index (χ3v) is 7.71. The van der Waals surface area contributed by atoms with Crippen LogP contribution in [0.25, 0.3) is 10.8 Å². The van der Waals surface area contributed by atoms with E-state index in [9.17, 15) is 9.90 Å². The highest BCUT2D eigenvalue weighted by atomic mass is 16.4. The van der Waals surface area contributed by atoms with E-state index in [1.165, 1.54) is 30.4 Å². The number of hydrogen-bond donors (Lipinski definition) is 1. The topological polar surface area (TPSA) is 37.3 Å². The smallest absolute Gasteiger partial charge is 0.336 e. The Morgan fingerprint density at radius 1 is 1.14 bits per heavy atom. The van der Waals surface area contributed by atoms with Crippen molar-refractivity contribution in [3.8, 4) is 0 Å². The maximum Gasteiger partial charge on any atom is 0.336 e. The molecule has 0 amide bonds. The standard InChI is InChI=1S/C25H29NO2/c1-25(2)11-10-22-21(14-25)17-9-8-16-12-19-15(6-5-7-18(19)24(27)28)13-20(16)23(17)26(22,3)4/h5-7,12-13,22-23H,8-11,14H2,1-4H3/p+1. The lowest BCUT2D eigenvalue weighted by molar-refractivity contribution is -0.929. The number of benzene rings is 2. The number of rotatable bonds is 1. The molecular weight excluding hydrogens is 346 g/mol. The highest BCUT2D eigenvalue weighted by molar-refractivity contribution is 6.04. The average Bonchev–Trinajstić information content (AvgIpc) is 2.85. The molecule has 0 saturated heterocycles. The Morgan fingerprint density at radius 3 is 2.68 bits per heavy atom. The summed E-state index contributed by atoms with van der Waals surface area (Å²) in [5.74, 6) is -0.839. The molecule has 5 rings (SSSR count). The second kappa shape index (κ2) is 5.70. The molecular formula is C25H30NO2+. The summed E-state index contributed by atoms with van der Waals surface area (Å²) in [6, 6.07) is 11.2. The lowest BCUT2D eigenvalue weighted by Gasteiger charge is -2.44. The molecule has 2 aromatic carbocycles. The van der Waals surface area contributed by atoms with Crippen molar-refractivity contribution in [3.63, 3.8) is 0 Å². The Balaban J connectivity index is 1.70. The number of nitrogens with zero attached hydrogens (tertiary/aromatic N) is 1. The molecule has 0 aromatic heterocycles. The van der Waals surface area contributed by atoms with Crippen molar-refractivity contribution >= 4 is 16.7 Å². The number of aryl methyl sites for hydroxylation is 1. The summed E-state index contributed by atoms with van der Waals surface area (Å²) in [6.45, 7) is 4.84. The quantitative estimate of drug-likeness (QED) is 0.528. The SMILES string of the molecule is CC1(C)CCC2C(=C3CCc4cc5c(C(=O)O)cccc5cc4C3[N+]2(C)C)C1. The molecule has 1 heterocycles. The Labute approximate surface area is 167 Å². The summed E-state index contributed by atoms with van der Waals surface area (Å²) in [7, 11) is 4.82. The van der Waals surface area contributed by atoms with E-state index in [-0.39, 0.29) is 0 Å². The molecule has 1 fully saturated rings. The van der Waals surface area contributed by atoms with Crippen LogP contribution in [0.4, 0.5) is 0 Å². The van der Waals surface area contributed by atoms with E-state index in [0.29, 0.717) is 23.1 Å². The van der Waals surface area contributed by atoms with Crippen molar-refractivity contribution in [2.75, 3.05) is 14.1 Å². The lowest BCUT2D eigenvalue weighted by atomic mass is 9.71. The van der Waals surface area contributed by atoms with E-state index in [1.807, 2.05) is 6.07 Å². The minimum absolute atomic E-state index is 0.410. The van der Waals surface area contributed by atoms with Gasteiger partial charge in [0.05, 0.1) is 19.7 Å². The predicted octanol–water partition coefficient (Wildman–Crippen LogP) is 5.49. The van der Waals surface area contributed by atoms with Gasteiger partial charge in [0, 0.05) is 12.0 Å². The van der Waals surface area contributed by atoms with Crippen LogP contribution in [0.15, 0.2) is 41.5 Å². The van der Waals surface area contributed by atoms with Gasteiger partial charge in [0.25, 0.3) is 0 Å². The van der Waals surface area contributed by atoms with Gasteiger partial charge < -0.3 is 9.59 Å². The van der Waals surface area contributed by atoms with Gasteiger partial charge in [-0.2, -0.15) is 0 Å². The van der Waals surface area contributed by atoms with Gasteiger partial charge in [-0.1, -0.05) is 26.0 Å². The third-order valence-electron chi connectivity index (χ3n) is 7.71. The number of likely N-dealkylation sites (N-methyl/N-ethyl adjacent to an activating group) is 1. The minimum atomic E-state index is -0.839. The molecule has 2 atom stereocenters. The molecule has 1 aliphatic heterocycles. The highest BCUT2D eigenvalue weighted by Crippen LogP contribution is 2.56. The first-order valence-electron chi connectivity index (χ1n) is 10.5. The Hall–Kier alpha value is -2.13. The van der Waals surface area contributed by atoms with Crippen LogP contribution in [0.3, 0.4) is 0 Å². The van der Waals surface area contributed by atoms with Gasteiger partial charge in [-0.3, -0.25) is 0 Å². The first-order valence-corrected chi connectivity index (χ1v) is 10.5. The molecule has 2 aromatic rings. The van der Waals surface area contributed by atoms with E-state index in [0.717, 1.165) is 28.1 Å². The molecule has 0 radical (unpaired) electrons. The van der Waals surface area contributed by atoms with Gasteiger partial charge in [0.2, 0.25) is 0 Å². The van der Waals surface area contributed by atoms with Crippen LogP contribution in [0, 0.1) is 5.41 Å². The molecule has 3 nitrogen and oxygen atoms in total. The van der Waals surface area contributed by atoms with E-state index in [2.05, 4.69) is 46.1 Å². The van der Waals surface area contributed by atoms with E-state index in [4.69, 9.17) is 0 Å². The summed E-state index contributed by atoms with van der Waals surface area (Å²) in [5, 5.41) is 11.5. The fraction of sp³-hybridized carbons (Fsp3) is 0.480. The Kier molecular flexibility index (Phi) is 3.65. The second-order valence-electron chi connectivity index (χ2n) is 10.4. The van der Waals surface area contributed by atoms with Crippen molar-refractivity contribution in [3.05, 3.63) is 58.2 Å². The summed E-state index contributed by atoms with van der Waals surface area (Å²) in [5.41, 5.74) is 7.02. The van der Waals surface area contributed by atoms with Crippen LogP contribution in [0.1, 0.15) is 67.1 Å². The monoisotopic (exact) mass is 376 g/mol. The number of fused-ring (bicyclic) bond motifs is 5. The van der Waals surface area contributed by atoms with Gasteiger partial charge >= 0.3 is 5.97 Å². The van der Waals surface area contributed by atoms with Crippen molar-refractivity contribution < 1.29 is 14.4 Å². The molecule has 0 spiro atoms. The van der Waals surface area contributed by atoms with Gasteiger partial charge in [-0.15, -0.1) is 0 Å². The van der Waals surface area contributed by atoms with Crippen LogP contribution in [-0.4, -0.2) is 35.7 Å². The van der Waals surface area contributed by atoms with Gasteiger partial charge in [-0.05, 0) is 76.8 Å². The van der Waals surface area contributed by atoms with E-state index in [1.54, 1.807) is 17.2 Å². The molecule has 2 unspecified atom stereocenters. The molecule has 3 aliphatic rings. The summed E-state index contributed by atoms with van der Waals surface area (Å²) >= 11 is 0. The Bertz CT molecular complexity index is 1040. The fourth-order valence-electron chi connectivity index (χ4n) is 6.40. The van der Waals surface area contributed by atoms with Crippen LogP contribution in [-0.2, 0) is 6.42 Å². The predicted molar refractivity (Wildman–Crippen MR) is 113 cm³/mol. The number of aromatic carboxylic acids is 1. The van der Waals surface area contributed by atoms with Gasteiger partial charge in [0.1, 0.15) is 12.1 Å². The lowest BCUT2D eigenvalue weighted by Crippen LogP contribution is -2.50. The van der Waals surface area contributed by atoms with Crippen molar-refractivity contribution in [1.82, 2.24) is 0 Å². The summed E-state index contributed by atoms with van der Waals surface area (Å²) in [4.78, 5) is 11.7. The maximum absolute atomic E-state index is 11.7.